The molecule has 116 valence electrons. The van der Waals surface area contributed by atoms with Crippen molar-refractivity contribution in [2.24, 2.45) is 5.16 Å². The first-order valence-electron chi connectivity index (χ1n) is 6.75. The van der Waals surface area contributed by atoms with Crippen molar-refractivity contribution in [3.8, 4) is 11.4 Å². The fourth-order valence-corrected chi connectivity index (χ4v) is 2.85. The molecule has 8 heteroatoms. The quantitative estimate of drug-likeness (QED) is 0.323. The summed E-state index contributed by atoms with van der Waals surface area (Å²) in [5.74, 6) is 0.366. The molecule has 0 fully saturated rings. The van der Waals surface area contributed by atoms with Gasteiger partial charge in [0.05, 0.1) is 5.69 Å². The summed E-state index contributed by atoms with van der Waals surface area (Å²) in [5.41, 5.74) is 1.65. The minimum Gasteiger partial charge on any atom is -0.507 e. The van der Waals surface area contributed by atoms with E-state index >= 15 is 0 Å². The predicted octanol–water partition coefficient (Wildman–Crippen LogP) is 2.34. The van der Waals surface area contributed by atoms with Crippen molar-refractivity contribution in [2.45, 2.75) is 5.16 Å². The van der Waals surface area contributed by atoms with Gasteiger partial charge in [0.15, 0.2) is 0 Å². The highest BCUT2D eigenvalue weighted by Gasteiger charge is 2.14. The molecule has 0 saturated carbocycles. The van der Waals surface area contributed by atoms with Gasteiger partial charge in [-0.3, -0.25) is 0 Å². The number of hydrogen-bond acceptors (Lipinski definition) is 7. The summed E-state index contributed by atoms with van der Waals surface area (Å²) in [6.45, 7) is 0. The molecule has 3 rings (SSSR count). The van der Waals surface area contributed by atoms with Crippen LogP contribution in [-0.4, -0.2) is 42.0 Å². The second kappa shape index (κ2) is 6.93. The van der Waals surface area contributed by atoms with Crippen LogP contribution < -0.4 is 0 Å². The lowest BCUT2D eigenvalue weighted by molar-refractivity contribution is 0.319. The Morgan fingerprint density at radius 2 is 1.83 bits per heavy atom. The minimum atomic E-state index is 0.0588. The molecule has 1 heterocycles. The fourth-order valence-electron chi connectivity index (χ4n) is 2.01. The maximum atomic E-state index is 9.86. The maximum absolute atomic E-state index is 9.86. The lowest BCUT2D eigenvalue weighted by atomic mass is 10.1. The van der Waals surface area contributed by atoms with Crippen LogP contribution in [0.5, 0.6) is 5.75 Å². The van der Waals surface area contributed by atoms with Crippen LogP contribution in [0.4, 0.5) is 0 Å². The number of tetrazole rings is 1. The van der Waals surface area contributed by atoms with Crippen molar-refractivity contribution in [3.05, 3.63) is 60.2 Å². The Morgan fingerprint density at radius 3 is 2.57 bits per heavy atom. The first-order valence-corrected chi connectivity index (χ1v) is 7.74. The zero-order valence-corrected chi connectivity index (χ0v) is 12.8. The van der Waals surface area contributed by atoms with E-state index in [0.29, 0.717) is 22.2 Å². The zero-order valence-electron chi connectivity index (χ0n) is 11.9. The summed E-state index contributed by atoms with van der Waals surface area (Å²) in [6.07, 6.45) is 0. The summed E-state index contributed by atoms with van der Waals surface area (Å²) in [5, 5.41) is 34.5. The molecule has 0 bridgehead atoms. The van der Waals surface area contributed by atoms with Gasteiger partial charge in [-0.1, -0.05) is 47.2 Å². The maximum Gasteiger partial charge on any atom is 0.214 e. The van der Waals surface area contributed by atoms with E-state index in [1.54, 1.807) is 28.9 Å². The molecule has 7 nitrogen and oxygen atoms in total. The van der Waals surface area contributed by atoms with Crippen LogP contribution in [0.25, 0.3) is 5.69 Å². The average molecular weight is 327 g/mol. The SMILES string of the molecule is O/N=C(/CSc1nnnn1-c1ccccc1)c1ccccc1O. The lowest BCUT2D eigenvalue weighted by Gasteiger charge is -2.07. The number of oxime groups is 1. The van der Waals surface area contributed by atoms with Gasteiger partial charge < -0.3 is 10.3 Å². The summed E-state index contributed by atoms with van der Waals surface area (Å²) in [6, 6.07) is 16.2. The molecule has 0 aliphatic carbocycles. The van der Waals surface area contributed by atoms with Crippen LogP contribution in [0.3, 0.4) is 0 Å². The number of nitrogens with zero attached hydrogens (tertiary/aromatic N) is 5. The standard InChI is InChI=1S/C15H13N5O2S/c21-14-9-5-4-8-12(14)13(17-22)10-23-15-16-18-19-20(15)11-6-2-1-3-7-11/h1-9,21-22H,10H2/b17-13-. The van der Waals surface area contributed by atoms with Crippen molar-refractivity contribution >= 4 is 17.5 Å². The average Bonchev–Trinajstić information content (AvgIpc) is 3.06. The molecule has 0 aliphatic rings. The lowest BCUT2D eigenvalue weighted by Crippen LogP contribution is -2.06. The number of phenolic OH excluding ortho intramolecular Hbond substituents is 1. The summed E-state index contributed by atoms with van der Waals surface area (Å²) in [4.78, 5) is 0. The highest BCUT2D eigenvalue weighted by molar-refractivity contribution is 7.99. The van der Waals surface area contributed by atoms with Gasteiger partial charge in [0, 0.05) is 11.3 Å². The van der Waals surface area contributed by atoms with E-state index < -0.39 is 0 Å². The zero-order chi connectivity index (χ0) is 16.1. The molecule has 3 aromatic rings. The monoisotopic (exact) mass is 327 g/mol. The number of aromatic nitrogens is 4. The second-order valence-corrected chi connectivity index (χ2v) is 5.50. The summed E-state index contributed by atoms with van der Waals surface area (Å²) < 4.78 is 1.60. The van der Waals surface area contributed by atoms with Crippen LogP contribution in [0, 0.1) is 0 Å². The van der Waals surface area contributed by atoms with Gasteiger partial charge in [0.2, 0.25) is 5.16 Å². The summed E-state index contributed by atoms with van der Waals surface area (Å²) in [7, 11) is 0. The Bertz CT molecular complexity index is 819. The summed E-state index contributed by atoms with van der Waals surface area (Å²) >= 11 is 1.31. The molecule has 0 unspecified atom stereocenters. The third-order valence-electron chi connectivity index (χ3n) is 3.12. The first kappa shape index (κ1) is 15.0. The van der Waals surface area contributed by atoms with Crippen molar-refractivity contribution in [1.29, 1.82) is 0 Å². The van der Waals surface area contributed by atoms with Crippen molar-refractivity contribution in [3.63, 3.8) is 0 Å². The van der Waals surface area contributed by atoms with Gasteiger partial charge in [0.25, 0.3) is 0 Å². The van der Waals surface area contributed by atoms with Crippen molar-refractivity contribution < 1.29 is 10.3 Å². The fraction of sp³-hybridized carbons (Fsp3) is 0.0667. The van der Waals surface area contributed by atoms with Crippen molar-refractivity contribution in [1.82, 2.24) is 20.2 Å². The van der Waals surface area contributed by atoms with Gasteiger partial charge in [-0.2, -0.15) is 4.68 Å². The predicted molar refractivity (Wildman–Crippen MR) is 86.3 cm³/mol. The second-order valence-electron chi connectivity index (χ2n) is 4.56. The molecule has 23 heavy (non-hydrogen) atoms. The Kier molecular flexibility index (Phi) is 4.53. The van der Waals surface area contributed by atoms with Crippen LogP contribution in [0.15, 0.2) is 64.9 Å². The number of rotatable bonds is 5. The topological polar surface area (TPSA) is 96.4 Å². The molecule has 2 N–H and O–H groups in total. The van der Waals surface area contributed by atoms with E-state index in [9.17, 15) is 10.3 Å². The molecule has 0 spiro atoms. The van der Waals surface area contributed by atoms with Crippen LogP contribution >= 0.6 is 11.8 Å². The Balaban J connectivity index is 1.79. The highest BCUT2D eigenvalue weighted by Crippen LogP contribution is 2.23. The first-order chi connectivity index (χ1) is 11.3. The van der Waals surface area contributed by atoms with Crippen molar-refractivity contribution in [2.75, 3.05) is 5.75 Å². The van der Waals surface area contributed by atoms with Gasteiger partial charge >= 0.3 is 0 Å². The Morgan fingerprint density at radius 1 is 1.09 bits per heavy atom. The number of benzene rings is 2. The third-order valence-corrected chi connectivity index (χ3v) is 4.05. The van der Waals surface area contributed by atoms with E-state index in [4.69, 9.17) is 0 Å². The van der Waals surface area contributed by atoms with E-state index in [0.717, 1.165) is 5.69 Å². The number of para-hydroxylation sites is 2. The van der Waals surface area contributed by atoms with E-state index in [-0.39, 0.29) is 5.75 Å². The Hall–Kier alpha value is -2.87. The normalized spacial score (nSPS) is 11.6. The molecular formula is C15H13N5O2S. The molecule has 0 atom stereocenters. The molecule has 0 amide bonds. The van der Waals surface area contributed by atoms with Gasteiger partial charge in [-0.05, 0) is 34.7 Å². The van der Waals surface area contributed by atoms with Crippen LogP contribution in [0.2, 0.25) is 0 Å². The Labute approximate surface area is 136 Å². The smallest absolute Gasteiger partial charge is 0.214 e. The van der Waals surface area contributed by atoms with Crippen LogP contribution in [0.1, 0.15) is 5.56 Å². The van der Waals surface area contributed by atoms with E-state index in [1.165, 1.54) is 11.8 Å². The minimum absolute atomic E-state index is 0.0588. The number of aromatic hydroxyl groups is 1. The number of phenols is 1. The third kappa shape index (κ3) is 3.32. The molecule has 0 saturated heterocycles. The van der Waals surface area contributed by atoms with E-state index in [1.807, 2.05) is 30.3 Å². The highest BCUT2D eigenvalue weighted by atomic mass is 32.2. The number of hydrogen-bond donors (Lipinski definition) is 2. The van der Waals surface area contributed by atoms with Gasteiger partial charge in [-0.15, -0.1) is 5.10 Å². The van der Waals surface area contributed by atoms with Crippen LogP contribution in [-0.2, 0) is 0 Å². The molecule has 1 aromatic heterocycles. The van der Waals surface area contributed by atoms with E-state index in [2.05, 4.69) is 20.7 Å². The van der Waals surface area contributed by atoms with Gasteiger partial charge in [-0.25, -0.2) is 0 Å². The van der Waals surface area contributed by atoms with Gasteiger partial charge in [0.1, 0.15) is 11.5 Å². The molecule has 0 radical (unpaired) electrons. The largest absolute Gasteiger partial charge is 0.507 e. The molecule has 2 aromatic carbocycles. The number of thioether (sulfide) groups is 1. The molecule has 0 aliphatic heterocycles. The molecular weight excluding hydrogens is 314 g/mol.